The van der Waals surface area contributed by atoms with Crippen LogP contribution in [0.5, 0.6) is 0 Å². The summed E-state index contributed by atoms with van der Waals surface area (Å²) >= 11 is 0. The first kappa shape index (κ1) is 17.2. The van der Waals surface area contributed by atoms with Gasteiger partial charge >= 0.3 is 0 Å². The Morgan fingerprint density at radius 2 is 2.27 bits per heavy atom. The minimum atomic E-state index is -0.135. The smallest absolute Gasteiger partial charge is 0.251 e. The summed E-state index contributed by atoms with van der Waals surface area (Å²) in [5, 5.41) is 3.35. The van der Waals surface area contributed by atoms with Gasteiger partial charge in [-0.15, -0.1) is 0 Å². The third-order valence-electron chi connectivity index (χ3n) is 4.94. The van der Waals surface area contributed by atoms with E-state index in [9.17, 15) is 4.79 Å². The molecule has 0 bridgehead atoms. The molecule has 0 amide bonds. The van der Waals surface area contributed by atoms with Gasteiger partial charge in [0.25, 0.3) is 5.56 Å². The molecule has 1 saturated heterocycles. The van der Waals surface area contributed by atoms with Crippen LogP contribution >= 0.6 is 0 Å². The Labute approximate surface area is 152 Å². The standard InChI is InChI=1S/C19H25N5O2/c1-2-14-9-18(25)23-19(22-14)13-3-6-17(20-10-13)21-11-16-12-24(7-8-26-16)15-4-5-15/h3,6,9-10,15-16H,2,4-5,7-8,11-12H2,1H3,(H,20,21)(H,22,23,25). The molecule has 2 fully saturated rings. The van der Waals surface area contributed by atoms with Gasteiger partial charge in [0.2, 0.25) is 0 Å². The van der Waals surface area contributed by atoms with Crippen LogP contribution in [-0.2, 0) is 11.2 Å². The summed E-state index contributed by atoms with van der Waals surface area (Å²) in [7, 11) is 0. The van der Waals surface area contributed by atoms with E-state index in [1.807, 2.05) is 19.1 Å². The second-order valence-electron chi connectivity index (χ2n) is 6.97. The number of anilines is 1. The molecular weight excluding hydrogens is 330 g/mol. The van der Waals surface area contributed by atoms with E-state index < -0.39 is 0 Å². The van der Waals surface area contributed by atoms with Crippen molar-refractivity contribution in [1.82, 2.24) is 19.9 Å². The first-order valence-corrected chi connectivity index (χ1v) is 9.37. The highest BCUT2D eigenvalue weighted by atomic mass is 16.5. The molecule has 1 aliphatic carbocycles. The van der Waals surface area contributed by atoms with E-state index in [1.165, 1.54) is 18.9 Å². The number of nitrogens with one attached hydrogen (secondary N) is 2. The SMILES string of the molecule is CCc1cc(=O)[nH]c(-c2ccc(NCC3CN(C4CC4)CCO3)nc2)n1. The van der Waals surface area contributed by atoms with Crippen molar-refractivity contribution >= 4 is 5.82 Å². The fraction of sp³-hybridized carbons (Fsp3) is 0.526. The van der Waals surface area contributed by atoms with Gasteiger partial charge in [-0.1, -0.05) is 6.92 Å². The van der Waals surface area contributed by atoms with Crippen LogP contribution in [-0.4, -0.2) is 58.2 Å². The largest absolute Gasteiger partial charge is 0.374 e. The van der Waals surface area contributed by atoms with E-state index in [0.717, 1.165) is 55.8 Å². The monoisotopic (exact) mass is 355 g/mol. The van der Waals surface area contributed by atoms with E-state index in [4.69, 9.17) is 4.74 Å². The zero-order valence-electron chi connectivity index (χ0n) is 15.1. The molecule has 2 aromatic heterocycles. The second kappa shape index (κ2) is 7.55. The highest BCUT2D eigenvalue weighted by Crippen LogP contribution is 2.28. The molecule has 1 atom stereocenters. The number of morpholine rings is 1. The Bertz CT molecular complexity index is 800. The molecule has 7 nitrogen and oxygen atoms in total. The predicted molar refractivity (Wildman–Crippen MR) is 100 cm³/mol. The Kier molecular flexibility index (Phi) is 4.99. The minimum absolute atomic E-state index is 0.135. The van der Waals surface area contributed by atoms with Crippen LogP contribution in [0, 0.1) is 0 Å². The molecule has 4 rings (SSSR count). The maximum atomic E-state index is 11.7. The predicted octanol–water partition coefficient (Wildman–Crippen LogP) is 1.67. The Balaban J connectivity index is 1.37. The van der Waals surface area contributed by atoms with Gasteiger partial charge in [-0.3, -0.25) is 9.69 Å². The number of pyridine rings is 1. The van der Waals surface area contributed by atoms with Crippen molar-refractivity contribution in [2.24, 2.45) is 0 Å². The summed E-state index contributed by atoms with van der Waals surface area (Å²) in [6, 6.07) is 6.15. The van der Waals surface area contributed by atoms with Crippen molar-refractivity contribution in [2.75, 3.05) is 31.6 Å². The van der Waals surface area contributed by atoms with Crippen molar-refractivity contribution in [3.8, 4) is 11.4 Å². The fourth-order valence-electron chi connectivity index (χ4n) is 3.32. The van der Waals surface area contributed by atoms with Crippen LogP contribution in [0.3, 0.4) is 0 Å². The summed E-state index contributed by atoms with van der Waals surface area (Å²) in [6.07, 6.45) is 5.32. The highest BCUT2D eigenvalue weighted by Gasteiger charge is 2.32. The van der Waals surface area contributed by atoms with Gasteiger partial charge in [-0.05, 0) is 31.4 Å². The molecule has 3 heterocycles. The lowest BCUT2D eigenvalue weighted by atomic mass is 10.2. The van der Waals surface area contributed by atoms with Crippen LogP contribution in [0.15, 0.2) is 29.2 Å². The molecule has 2 aliphatic rings. The Hall–Kier alpha value is -2.25. The van der Waals surface area contributed by atoms with Gasteiger partial charge in [0, 0.05) is 49.2 Å². The lowest BCUT2D eigenvalue weighted by Crippen LogP contribution is -2.46. The van der Waals surface area contributed by atoms with Crippen molar-refractivity contribution in [3.63, 3.8) is 0 Å². The average Bonchev–Trinajstić information content (AvgIpc) is 3.52. The summed E-state index contributed by atoms with van der Waals surface area (Å²) < 4.78 is 5.86. The van der Waals surface area contributed by atoms with Crippen LogP contribution in [0.1, 0.15) is 25.5 Å². The van der Waals surface area contributed by atoms with Crippen LogP contribution in [0.25, 0.3) is 11.4 Å². The second-order valence-corrected chi connectivity index (χ2v) is 6.97. The summed E-state index contributed by atoms with van der Waals surface area (Å²) in [5.41, 5.74) is 1.45. The molecule has 1 saturated carbocycles. The number of aromatic amines is 1. The van der Waals surface area contributed by atoms with E-state index in [0.29, 0.717) is 5.82 Å². The maximum absolute atomic E-state index is 11.7. The quantitative estimate of drug-likeness (QED) is 0.820. The normalized spacial score (nSPS) is 20.9. The summed E-state index contributed by atoms with van der Waals surface area (Å²) in [4.78, 5) is 25.9. The zero-order valence-corrected chi connectivity index (χ0v) is 15.1. The molecular formula is C19H25N5O2. The molecule has 2 aromatic rings. The maximum Gasteiger partial charge on any atom is 0.251 e. The van der Waals surface area contributed by atoms with Gasteiger partial charge in [0.05, 0.1) is 12.7 Å². The number of aromatic nitrogens is 3. The first-order chi connectivity index (χ1) is 12.7. The van der Waals surface area contributed by atoms with Crippen molar-refractivity contribution in [3.05, 3.63) is 40.4 Å². The number of aryl methyl sites for hydroxylation is 1. The molecule has 0 radical (unpaired) electrons. The van der Waals surface area contributed by atoms with Crippen LogP contribution < -0.4 is 10.9 Å². The highest BCUT2D eigenvalue weighted by molar-refractivity contribution is 5.55. The lowest BCUT2D eigenvalue weighted by Gasteiger charge is -2.33. The molecule has 26 heavy (non-hydrogen) atoms. The Morgan fingerprint density at radius 3 is 3.00 bits per heavy atom. The average molecular weight is 355 g/mol. The molecule has 1 unspecified atom stereocenters. The molecule has 0 aromatic carbocycles. The molecule has 0 spiro atoms. The number of hydrogen-bond acceptors (Lipinski definition) is 6. The number of hydrogen-bond donors (Lipinski definition) is 2. The van der Waals surface area contributed by atoms with Gasteiger partial charge in [-0.2, -0.15) is 0 Å². The van der Waals surface area contributed by atoms with E-state index in [2.05, 4.69) is 25.2 Å². The lowest BCUT2D eigenvalue weighted by molar-refractivity contribution is -0.0241. The van der Waals surface area contributed by atoms with Gasteiger partial charge in [0.15, 0.2) is 0 Å². The van der Waals surface area contributed by atoms with Crippen LogP contribution in [0.2, 0.25) is 0 Å². The van der Waals surface area contributed by atoms with E-state index in [1.54, 1.807) is 6.20 Å². The summed E-state index contributed by atoms with van der Waals surface area (Å²) in [5.74, 6) is 1.36. The topological polar surface area (TPSA) is 83.1 Å². The van der Waals surface area contributed by atoms with Crippen molar-refractivity contribution in [2.45, 2.75) is 38.3 Å². The minimum Gasteiger partial charge on any atom is -0.374 e. The third kappa shape index (κ3) is 4.11. The van der Waals surface area contributed by atoms with Gasteiger partial charge in [0.1, 0.15) is 11.6 Å². The van der Waals surface area contributed by atoms with Gasteiger partial charge < -0.3 is 15.0 Å². The molecule has 2 N–H and O–H groups in total. The number of ether oxygens (including phenoxy) is 1. The number of H-pyrrole nitrogens is 1. The zero-order chi connectivity index (χ0) is 17.9. The number of nitrogens with zero attached hydrogens (tertiary/aromatic N) is 3. The molecule has 1 aliphatic heterocycles. The Morgan fingerprint density at radius 1 is 1.38 bits per heavy atom. The van der Waals surface area contributed by atoms with E-state index >= 15 is 0 Å². The number of rotatable bonds is 6. The summed E-state index contributed by atoms with van der Waals surface area (Å²) in [6.45, 7) is 5.58. The first-order valence-electron chi connectivity index (χ1n) is 9.37. The molecule has 7 heteroatoms. The van der Waals surface area contributed by atoms with Crippen LogP contribution in [0.4, 0.5) is 5.82 Å². The van der Waals surface area contributed by atoms with Gasteiger partial charge in [-0.25, -0.2) is 9.97 Å². The van der Waals surface area contributed by atoms with E-state index in [-0.39, 0.29) is 11.7 Å². The third-order valence-corrected chi connectivity index (χ3v) is 4.94. The fourth-order valence-corrected chi connectivity index (χ4v) is 3.32. The van der Waals surface area contributed by atoms with Crippen molar-refractivity contribution < 1.29 is 4.74 Å². The molecule has 138 valence electrons. The van der Waals surface area contributed by atoms with Crippen molar-refractivity contribution in [1.29, 1.82) is 0 Å².